The molecule has 3 aromatic rings. The highest BCUT2D eigenvalue weighted by Gasteiger charge is 2.62. The summed E-state index contributed by atoms with van der Waals surface area (Å²) in [5.41, 5.74) is -0.461. The number of fused-ring (bicyclic) bond motifs is 4. The van der Waals surface area contributed by atoms with Gasteiger partial charge in [-0.25, -0.2) is 13.2 Å². The van der Waals surface area contributed by atoms with E-state index in [1.165, 1.54) is 4.90 Å². The molecular weight excluding hydrogens is 709 g/mol. The summed E-state index contributed by atoms with van der Waals surface area (Å²) < 4.78 is 40.1. The molecule has 3 saturated carbocycles. The first-order valence-electron chi connectivity index (χ1n) is 19.4. The highest BCUT2D eigenvalue weighted by atomic mass is 32.2. The third-order valence-corrected chi connectivity index (χ3v) is 13.6. The van der Waals surface area contributed by atoms with Gasteiger partial charge in [-0.15, -0.1) is 0 Å². The van der Waals surface area contributed by atoms with E-state index in [4.69, 9.17) is 9.47 Å². The Hall–Kier alpha value is -4.49. The molecular formula is C41H48N4O8S. The van der Waals surface area contributed by atoms with Crippen molar-refractivity contribution in [3.05, 3.63) is 72.3 Å². The van der Waals surface area contributed by atoms with Gasteiger partial charge in [0.2, 0.25) is 21.8 Å². The van der Waals surface area contributed by atoms with Crippen molar-refractivity contribution in [1.29, 1.82) is 0 Å². The number of allylic oxidation sites excluding steroid dienone is 1. The topological polar surface area (TPSA) is 160 Å². The van der Waals surface area contributed by atoms with Crippen molar-refractivity contribution >= 4 is 55.4 Å². The first-order chi connectivity index (χ1) is 26.1. The molecule has 54 heavy (non-hydrogen) atoms. The maximum atomic E-state index is 14.5. The maximum absolute atomic E-state index is 14.5. The van der Waals surface area contributed by atoms with Gasteiger partial charge in [0.25, 0.3) is 5.91 Å². The van der Waals surface area contributed by atoms with Crippen molar-refractivity contribution < 1.29 is 37.1 Å². The molecule has 8 rings (SSSR count). The third kappa shape index (κ3) is 7.57. The zero-order chi connectivity index (χ0) is 37.5. The average Bonchev–Trinajstić information content (AvgIpc) is 4.07. The van der Waals surface area contributed by atoms with Gasteiger partial charge in [0.05, 0.1) is 18.0 Å². The van der Waals surface area contributed by atoms with E-state index in [1.54, 1.807) is 0 Å². The van der Waals surface area contributed by atoms with Crippen LogP contribution in [0.1, 0.15) is 82.6 Å². The van der Waals surface area contributed by atoms with Gasteiger partial charge in [0.1, 0.15) is 23.7 Å². The number of rotatable bonds is 8. The Morgan fingerprint density at radius 3 is 2.30 bits per heavy atom. The molecule has 3 aromatic carbocycles. The van der Waals surface area contributed by atoms with Crippen molar-refractivity contribution in [2.24, 2.45) is 5.92 Å². The molecule has 2 heterocycles. The highest BCUT2D eigenvalue weighted by molar-refractivity contribution is 7.91. The number of alkyl carbamates (subject to hydrolysis) is 1. The predicted octanol–water partition coefficient (Wildman–Crippen LogP) is 5.13. The van der Waals surface area contributed by atoms with Crippen molar-refractivity contribution in [3.63, 3.8) is 0 Å². The molecule has 13 heteroatoms. The summed E-state index contributed by atoms with van der Waals surface area (Å²) in [5, 5.41) is 9.38. The molecule has 5 aliphatic rings. The lowest BCUT2D eigenvalue weighted by atomic mass is 9.96. The Balaban J connectivity index is 1.08. The smallest absolute Gasteiger partial charge is 0.408 e. The number of carbonyl (C=O) groups excluding carboxylic acids is 4. The molecule has 4 fully saturated rings. The molecule has 0 unspecified atom stereocenters. The van der Waals surface area contributed by atoms with Gasteiger partial charge < -0.3 is 25.0 Å². The Kier molecular flexibility index (Phi) is 10.1. The largest absolute Gasteiger partial charge is 0.446 e. The van der Waals surface area contributed by atoms with Crippen LogP contribution in [0.25, 0.3) is 21.5 Å². The van der Waals surface area contributed by atoms with Crippen LogP contribution in [0.3, 0.4) is 0 Å². The highest BCUT2D eigenvalue weighted by Crippen LogP contribution is 2.46. The zero-order valence-electron chi connectivity index (χ0n) is 30.3. The van der Waals surface area contributed by atoms with Crippen molar-refractivity contribution in [2.75, 3.05) is 6.54 Å². The average molecular weight is 757 g/mol. The minimum atomic E-state index is -3.87. The number of hydrogen-bond acceptors (Lipinski definition) is 8. The van der Waals surface area contributed by atoms with Crippen molar-refractivity contribution in [3.8, 4) is 0 Å². The Bertz CT molecular complexity index is 2040. The molecule has 5 atom stereocenters. The van der Waals surface area contributed by atoms with E-state index in [0.29, 0.717) is 25.7 Å². The summed E-state index contributed by atoms with van der Waals surface area (Å²) >= 11 is 0. The Morgan fingerprint density at radius 2 is 1.61 bits per heavy atom. The van der Waals surface area contributed by atoms with Crippen LogP contribution in [0.5, 0.6) is 0 Å². The van der Waals surface area contributed by atoms with Crippen LogP contribution in [0.15, 0.2) is 66.7 Å². The first-order valence-corrected chi connectivity index (χ1v) is 21.0. The number of carbonyl (C=O) groups is 4. The van der Waals surface area contributed by atoms with Gasteiger partial charge >= 0.3 is 6.09 Å². The number of sulfonamides is 1. The number of benzene rings is 3. The first kappa shape index (κ1) is 36.5. The van der Waals surface area contributed by atoms with Gasteiger partial charge in [-0.3, -0.25) is 19.1 Å². The van der Waals surface area contributed by atoms with Gasteiger partial charge in [-0.2, -0.15) is 0 Å². The summed E-state index contributed by atoms with van der Waals surface area (Å²) in [6, 6.07) is 16.4. The molecule has 4 amide bonds. The molecule has 12 nitrogen and oxygen atoms in total. The lowest BCUT2D eigenvalue weighted by Crippen LogP contribution is -2.58. The summed E-state index contributed by atoms with van der Waals surface area (Å²) in [5.74, 6) is -2.14. The lowest BCUT2D eigenvalue weighted by molar-refractivity contribution is -0.141. The van der Waals surface area contributed by atoms with Crippen LogP contribution in [0.2, 0.25) is 0 Å². The van der Waals surface area contributed by atoms with E-state index in [0.717, 1.165) is 65.6 Å². The molecule has 3 aliphatic carbocycles. The summed E-state index contributed by atoms with van der Waals surface area (Å²) in [6.07, 6.45) is 9.83. The summed E-state index contributed by atoms with van der Waals surface area (Å²) in [7, 11) is -3.87. The normalized spacial score (nSPS) is 28.5. The van der Waals surface area contributed by atoms with Gasteiger partial charge in [-0.05, 0) is 91.0 Å². The molecule has 1 saturated heterocycles. The van der Waals surface area contributed by atoms with Gasteiger partial charge in [0.15, 0.2) is 0 Å². The van der Waals surface area contributed by atoms with Crippen molar-refractivity contribution in [1.82, 2.24) is 20.3 Å². The maximum Gasteiger partial charge on any atom is 0.408 e. The van der Waals surface area contributed by atoms with E-state index < -0.39 is 68.7 Å². The second-order valence-corrected chi connectivity index (χ2v) is 17.6. The Morgan fingerprint density at radius 1 is 0.889 bits per heavy atom. The number of amides is 4. The van der Waals surface area contributed by atoms with E-state index in [9.17, 15) is 27.6 Å². The summed E-state index contributed by atoms with van der Waals surface area (Å²) in [4.78, 5) is 57.1. The van der Waals surface area contributed by atoms with Crippen LogP contribution >= 0.6 is 0 Å². The van der Waals surface area contributed by atoms with Crippen LogP contribution in [-0.2, 0) is 40.5 Å². The Labute approximate surface area is 315 Å². The number of ether oxygens (including phenoxy) is 2. The predicted molar refractivity (Wildman–Crippen MR) is 202 cm³/mol. The minimum Gasteiger partial charge on any atom is -0.446 e. The number of nitrogens with zero attached hydrogens (tertiary/aromatic N) is 1. The molecule has 286 valence electrons. The van der Waals surface area contributed by atoms with Crippen LogP contribution in [0.4, 0.5) is 4.79 Å². The molecule has 0 spiro atoms. The summed E-state index contributed by atoms with van der Waals surface area (Å²) in [6.45, 7) is 0.324. The fourth-order valence-electron chi connectivity index (χ4n) is 8.16. The van der Waals surface area contributed by atoms with Gasteiger partial charge in [0, 0.05) is 18.9 Å². The fraction of sp³-hybridized carbons (Fsp3) is 0.512. The molecule has 0 aromatic heterocycles. The van der Waals surface area contributed by atoms with Crippen LogP contribution in [-0.4, -0.2) is 78.8 Å². The minimum absolute atomic E-state index is 0.0913. The second kappa shape index (κ2) is 15.0. The van der Waals surface area contributed by atoms with Gasteiger partial charge in [-0.1, -0.05) is 73.5 Å². The fourth-order valence-corrected chi connectivity index (χ4v) is 9.53. The van der Waals surface area contributed by atoms with Crippen LogP contribution in [0, 0.1) is 5.92 Å². The second-order valence-electron chi connectivity index (χ2n) is 15.6. The van der Waals surface area contributed by atoms with E-state index in [1.807, 2.05) is 36.4 Å². The van der Waals surface area contributed by atoms with E-state index in [-0.39, 0.29) is 32.1 Å². The lowest BCUT2D eigenvalue weighted by Gasteiger charge is -2.31. The molecule has 0 bridgehead atoms. The van der Waals surface area contributed by atoms with E-state index >= 15 is 0 Å². The molecule has 0 radical (unpaired) electrons. The monoisotopic (exact) mass is 756 g/mol. The van der Waals surface area contributed by atoms with Crippen LogP contribution < -0.4 is 15.4 Å². The SMILES string of the molecule is O=C(N[C@H]1CCCCC/C=C\[C@@H]2C[C@@]2(C(=O)NS(=O)(=O)C2CC2)NC(=O)[C@@H]2C[C@@H](OCc3c4ccccc4cc4ccccc34)CN2C1=O)OC1CCC1. The number of hydrogen-bond donors (Lipinski definition) is 3. The zero-order valence-corrected chi connectivity index (χ0v) is 31.2. The van der Waals surface area contributed by atoms with E-state index in [2.05, 4.69) is 45.7 Å². The molecule has 2 aliphatic heterocycles. The quantitative estimate of drug-likeness (QED) is 0.211. The number of nitrogens with one attached hydrogen (secondary N) is 3. The third-order valence-electron chi connectivity index (χ3n) is 11.8. The van der Waals surface area contributed by atoms with Crippen molar-refractivity contribution in [2.45, 2.75) is 119 Å². The standard InChI is InChI=1S/C41H48N4O8S/c46-37-36-22-30(52-25-34-32-16-8-6-11-26(32)21-27-12-7-9-17-33(27)34)24-45(36)38(47)35(42-40(49)53-29-14-10-15-29)18-5-3-1-2-4-13-28-23-41(28,43-37)39(48)44-54(50,51)31-19-20-31/h4,6-9,11-13,16-17,21,28-31,35-36H,1-3,5,10,14-15,18-20,22-25H2,(H,42,49)(H,43,46)(H,44,48)/b13-4-/t28-,30-,35+,36+,41-/m1/s1. The molecule has 3 N–H and O–H groups in total.